The molecule has 24 heavy (non-hydrogen) atoms. The Hall–Kier alpha value is -2.11. The largest absolute Gasteiger partial charge is 0.497 e. The van der Waals surface area contributed by atoms with E-state index >= 15 is 0 Å². The third-order valence-electron chi connectivity index (χ3n) is 3.67. The van der Waals surface area contributed by atoms with Gasteiger partial charge in [-0.25, -0.2) is 4.39 Å². The van der Waals surface area contributed by atoms with E-state index in [4.69, 9.17) is 16.3 Å². The van der Waals surface area contributed by atoms with Gasteiger partial charge in [-0.05, 0) is 55.8 Å². The molecule has 128 valence electrons. The third kappa shape index (κ3) is 4.69. The van der Waals surface area contributed by atoms with E-state index in [0.29, 0.717) is 10.7 Å². The van der Waals surface area contributed by atoms with Gasteiger partial charge >= 0.3 is 0 Å². The van der Waals surface area contributed by atoms with Crippen molar-refractivity contribution in [3.05, 3.63) is 58.9 Å². The van der Waals surface area contributed by atoms with Gasteiger partial charge in [-0.1, -0.05) is 17.7 Å². The van der Waals surface area contributed by atoms with Crippen LogP contribution in [0.15, 0.2) is 42.5 Å². The molecule has 0 radical (unpaired) electrons. The number of anilines is 1. The Morgan fingerprint density at radius 1 is 1.21 bits per heavy atom. The first-order valence-electron chi connectivity index (χ1n) is 7.46. The lowest BCUT2D eigenvalue weighted by molar-refractivity contribution is -0.115. The van der Waals surface area contributed by atoms with Crippen LogP contribution in [-0.4, -0.2) is 19.6 Å². The number of ether oxygens (including phenoxy) is 1. The van der Waals surface area contributed by atoms with E-state index in [1.165, 1.54) is 12.1 Å². The lowest BCUT2D eigenvalue weighted by Crippen LogP contribution is -2.41. The Morgan fingerprint density at radius 3 is 2.46 bits per heavy atom. The van der Waals surface area contributed by atoms with E-state index in [0.717, 1.165) is 11.3 Å². The van der Waals surface area contributed by atoms with Crippen LogP contribution in [0.2, 0.25) is 5.02 Å². The first-order valence-corrected chi connectivity index (χ1v) is 7.84. The zero-order valence-electron chi connectivity index (χ0n) is 13.8. The maximum Gasteiger partial charge on any atom is 0.238 e. The smallest absolute Gasteiger partial charge is 0.238 e. The van der Waals surface area contributed by atoms with Crippen molar-refractivity contribution in [3.63, 3.8) is 0 Å². The fourth-order valence-electron chi connectivity index (χ4n) is 2.27. The van der Waals surface area contributed by atoms with Crippen molar-refractivity contribution in [1.29, 1.82) is 0 Å². The quantitative estimate of drug-likeness (QED) is 0.829. The summed E-state index contributed by atoms with van der Waals surface area (Å²) in [6, 6.07) is 11.3. The molecule has 0 atom stereocenters. The summed E-state index contributed by atoms with van der Waals surface area (Å²) in [5, 5.41) is 6.25. The number of carbonyl (C=O) groups excluding carboxylic acids is 1. The summed E-state index contributed by atoms with van der Waals surface area (Å²) in [5.41, 5.74) is 0.824. The Morgan fingerprint density at radius 2 is 1.88 bits per heavy atom. The number of methoxy groups -OCH3 is 1. The Kier molecular flexibility index (Phi) is 5.80. The summed E-state index contributed by atoms with van der Waals surface area (Å²) in [6.45, 7) is 3.85. The van der Waals surface area contributed by atoms with Crippen molar-refractivity contribution in [3.8, 4) is 5.75 Å². The molecule has 0 heterocycles. The van der Waals surface area contributed by atoms with Crippen LogP contribution in [0.1, 0.15) is 19.4 Å². The topological polar surface area (TPSA) is 50.4 Å². The molecule has 2 N–H and O–H groups in total. The molecule has 0 aromatic heterocycles. The standard InChI is InChI=1S/C18H20ClFN2O2/c1-18(2,15-9-4-12(20)10-16(15)19)21-11-17(23)22-13-5-7-14(24-3)8-6-13/h4-10,21H,11H2,1-3H3,(H,22,23). The van der Waals surface area contributed by atoms with E-state index in [1.54, 1.807) is 37.4 Å². The molecule has 2 aromatic carbocycles. The van der Waals surface area contributed by atoms with E-state index in [2.05, 4.69) is 10.6 Å². The second kappa shape index (κ2) is 7.64. The molecule has 2 aromatic rings. The van der Waals surface area contributed by atoms with Crippen LogP contribution in [0.3, 0.4) is 0 Å². The summed E-state index contributed by atoms with van der Waals surface area (Å²) >= 11 is 6.10. The Bertz CT molecular complexity index is 717. The zero-order valence-corrected chi connectivity index (χ0v) is 14.6. The third-order valence-corrected chi connectivity index (χ3v) is 3.98. The summed E-state index contributed by atoms with van der Waals surface area (Å²) < 4.78 is 18.2. The van der Waals surface area contributed by atoms with Crippen LogP contribution in [0, 0.1) is 5.82 Å². The van der Waals surface area contributed by atoms with Gasteiger partial charge in [0.25, 0.3) is 0 Å². The van der Waals surface area contributed by atoms with E-state index in [9.17, 15) is 9.18 Å². The van der Waals surface area contributed by atoms with Crippen molar-refractivity contribution in [2.45, 2.75) is 19.4 Å². The van der Waals surface area contributed by atoms with E-state index in [-0.39, 0.29) is 12.5 Å². The van der Waals surface area contributed by atoms with Gasteiger partial charge in [-0.3, -0.25) is 10.1 Å². The molecule has 0 spiro atoms. The van der Waals surface area contributed by atoms with Crippen LogP contribution in [-0.2, 0) is 10.3 Å². The molecule has 1 amide bonds. The minimum Gasteiger partial charge on any atom is -0.497 e. The molecule has 0 aliphatic heterocycles. The molecule has 6 heteroatoms. The average Bonchev–Trinajstić information content (AvgIpc) is 2.53. The number of amides is 1. The number of rotatable bonds is 6. The monoisotopic (exact) mass is 350 g/mol. The normalized spacial score (nSPS) is 11.2. The van der Waals surface area contributed by atoms with Crippen molar-refractivity contribution in [2.24, 2.45) is 0 Å². The highest BCUT2D eigenvalue weighted by atomic mass is 35.5. The minimum absolute atomic E-state index is 0.0900. The first kappa shape index (κ1) is 18.2. The molecule has 0 aliphatic carbocycles. The lowest BCUT2D eigenvalue weighted by Gasteiger charge is -2.27. The van der Waals surface area contributed by atoms with Crippen LogP contribution >= 0.6 is 11.6 Å². The lowest BCUT2D eigenvalue weighted by atomic mass is 9.94. The second-order valence-corrected chi connectivity index (χ2v) is 6.29. The molecule has 0 bridgehead atoms. The van der Waals surface area contributed by atoms with Crippen molar-refractivity contribution in [2.75, 3.05) is 19.0 Å². The average molecular weight is 351 g/mol. The van der Waals surface area contributed by atoms with Gasteiger partial charge in [0.05, 0.1) is 13.7 Å². The van der Waals surface area contributed by atoms with Crippen LogP contribution in [0.25, 0.3) is 0 Å². The maximum atomic E-state index is 13.2. The van der Waals surface area contributed by atoms with Gasteiger partial charge in [0.1, 0.15) is 11.6 Å². The predicted molar refractivity (Wildman–Crippen MR) is 94.1 cm³/mol. The van der Waals surface area contributed by atoms with E-state index < -0.39 is 11.4 Å². The van der Waals surface area contributed by atoms with Crippen molar-refractivity contribution >= 4 is 23.2 Å². The Labute approximate surface area is 146 Å². The zero-order chi connectivity index (χ0) is 17.7. The van der Waals surface area contributed by atoms with Crippen LogP contribution in [0.5, 0.6) is 5.75 Å². The highest BCUT2D eigenvalue weighted by Crippen LogP contribution is 2.28. The van der Waals surface area contributed by atoms with Gasteiger partial charge in [-0.2, -0.15) is 0 Å². The van der Waals surface area contributed by atoms with E-state index in [1.807, 2.05) is 13.8 Å². The first-order chi connectivity index (χ1) is 11.3. The molecule has 4 nitrogen and oxygen atoms in total. The predicted octanol–water partition coefficient (Wildman–Crippen LogP) is 3.95. The SMILES string of the molecule is COc1ccc(NC(=O)CNC(C)(C)c2ccc(F)cc2Cl)cc1. The van der Waals surface area contributed by atoms with Crippen LogP contribution in [0.4, 0.5) is 10.1 Å². The maximum absolute atomic E-state index is 13.2. The molecular formula is C18H20ClFN2O2. The van der Waals surface area contributed by atoms with Crippen LogP contribution < -0.4 is 15.4 Å². The summed E-state index contributed by atoms with van der Waals surface area (Å²) in [7, 11) is 1.58. The van der Waals surface area contributed by atoms with Crippen molar-refractivity contribution < 1.29 is 13.9 Å². The number of halogens is 2. The molecule has 0 fully saturated rings. The van der Waals surface area contributed by atoms with Crippen molar-refractivity contribution in [1.82, 2.24) is 5.32 Å². The highest BCUT2D eigenvalue weighted by molar-refractivity contribution is 6.31. The number of benzene rings is 2. The summed E-state index contributed by atoms with van der Waals surface area (Å²) in [6.07, 6.45) is 0. The van der Waals surface area contributed by atoms with Gasteiger partial charge in [0.2, 0.25) is 5.91 Å². The summed E-state index contributed by atoms with van der Waals surface area (Å²) in [4.78, 5) is 12.1. The minimum atomic E-state index is -0.581. The highest BCUT2D eigenvalue weighted by Gasteiger charge is 2.23. The molecule has 0 unspecified atom stereocenters. The molecular weight excluding hydrogens is 331 g/mol. The molecule has 2 rings (SSSR count). The molecule has 0 aliphatic rings. The van der Waals surface area contributed by atoms with Gasteiger partial charge in [0.15, 0.2) is 0 Å². The fraction of sp³-hybridized carbons (Fsp3) is 0.278. The number of hydrogen-bond acceptors (Lipinski definition) is 3. The second-order valence-electron chi connectivity index (χ2n) is 5.88. The number of hydrogen-bond donors (Lipinski definition) is 2. The van der Waals surface area contributed by atoms with Gasteiger partial charge in [0, 0.05) is 16.2 Å². The number of nitrogens with one attached hydrogen (secondary N) is 2. The Balaban J connectivity index is 1.96. The van der Waals surface area contributed by atoms with Gasteiger partial charge < -0.3 is 10.1 Å². The van der Waals surface area contributed by atoms with Gasteiger partial charge in [-0.15, -0.1) is 0 Å². The molecule has 0 saturated carbocycles. The summed E-state index contributed by atoms with van der Waals surface area (Å²) in [5.74, 6) is 0.140. The number of carbonyl (C=O) groups is 1. The fourth-order valence-corrected chi connectivity index (χ4v) is 2.68. The molecule has 0 saturated heterocycles.